The van der Waals surface area contributed by atoms with Gasteiger partial charge in [-0.25, -0.2) is 8.42 Å². The van der Waals surface area contributed by atoms with Crippen LogP contribution in [-0.4, -0.2) is 43.8 Å². The molecule has 0 fully saturated rings. The van der Waals surface area contributed by atoms with Crippen LogP contribution in [0.4, 0.5) is 5.69 Å². The highest BCUT2D eigenvalue weighted by Gasteiger charge is 2.35. The summed E-state index contributed by atoms with van der Waals surface area (Å²) in [5, 5.41) is 3.91. The fourth-order valence-electron chi connectivity index (χ4n) is 4.65. The largest absolute Gasteiger partial charge is 0.352 e. The predicted molar refractivity (Wildman–Crippen MR) is 177 cm³/mol. The molecule has 0 aromatic heterocycles. The predicted octanol–water partition coefficient (Wildman–Crippen LogP) is 7.01. The summed E-state index contributed by atoms with van der Waals surface area (Å²) in [5.74, 6) is -1.02. The average Bonchev–Trinajstić information content (AvgIpc) is 2.99. The molecule has 44 heavy (non-hydrogen) atoms. The van der Waals surface area contributed by atoms with E-state index in [4.69, 9.17) is 34.8 Å². The van der Waals surface area contributed by atoms with Gasteiger partial charge in [-0.1, -0.05) is 89.4 Å². The molecular formula is C33H32Cl3N3O4S. The molecule has 0 radical (unpaired) electrons. The zero-order valence-corrected chi connectivity index (χ0v) is 27.2. The third-order valence-electron chi connectivity index (χ3n) is 6.82. The lowest BCUT2D eigenvalue weighted by Crippen LogP contribution is -2.54. The Morgan fingerprint density at radius 2 is 1.34 bits per heavy atom. The van der Waals surface area contributed by atoms with E-state index in [2.05, 4.69) is 5.32 Å². The smallest absolute Gasteiger partial charge is 0.264 e. The van der Waals surface area contributed by atoms with Gasteiger partial charge >= 0.3 is 0 Å². The molecule has 11 heteroatoms. The summed E-state index contributed by atoms with van der Waals surface area (Å²) in [5.41, 5.74) is 1.53. The van der Waals surface area contributed by atoms with Crippen molar-refractivity contribution in [1.82, 2.24) is 10.2 Å². The summed E-state index contributed by atoms with van der Waals surface area (Å²) in [4.78, 5) is 29.5. The lowest BCUT2D eigenvalue weighted by atomic mass is 10.0. The van der Waals surface area contributed by atoms with Gasteiger partial charge in [0.1, 0.15) is 12.6 Å². The van der Waals surface area contributed by atoms with Gasteiger partial charge in [-0.15, -0.1) is 0 Å². The van der Waals surface area contributed by atoms with Crippen molar-refractivity contribution in [3.63, 3.8) is 0 Å². The molecule has 230 valence electrons. The van der Waals surface area contributed by atoms with E-state index < -0.39 is 34.4 Å². The van der Waals surface area contributed by atoms with Crippen molar-refractivity contribution in [1.29, 1.82) is 0 Å². The SMILES string of the molecule is CC(C)NC(=O)[C@H](Cc1ccccc1)N(Cc1c(Cl)cccc1Cl)C(=O)CN(c1ccccc1)S(=O)(=O)c1ccc(Cl)cc1. The van der Waals surface area contributed by atoms with Gasteiger partial charge in [-0.05, 0) is 67.9 Å². The molecule has 0 aliphatic rings. The van der Waals surface area contributed by atoms with E-state index in [9.17, 15) is 18.0 Å². The van der Waals surface area contributed by atoms with E-state index >= 15 is 0 Å². The zero-order valence-electron chi connectivity index (χ0n) is 24.2. The molecule has 0 aliphatic carbocycles. The van der Waals surface area contributed by atoms with Crippen LogP contribution < -0.4 is 9.62 Å². The number of para-hydroxylation sites is 1. The number of hydrogen-bond donors (Lipinski definition) is 1. The maximum Gasteiger partial charge on any atom is 0.264 e. The molecule has 0 aliphatic heterocycles. The van der Waals surface area contributed by atoms with Crippen LogP contribution in [0.25, 0.3) is 0 Å². The number of carbonyl (C=O) groups excluding carboxylic acids is 2. The van der Waals surface area contributed by atoms with Crippen LogP contribution >= 0.6 is 34.8 Å². The summed E-state index contributed by atoms with van der Waals surface area (Å²) in [6.07, 6.45) is 0.169. The van der Waals surface area contributed by atoms with Crippen LogP contribution in [0.1, 0.15) is 25.0 Å². The molecule has 4 rings (SSSR count). The highest BCUT2D eigenvalue weighted by molar-refractivity contribution is 7.92. The Balaban J connectivity index is 1.82. The number of anilines is 1. The number of nitrogens with one attached hydrogen (secondary N) is 1. The average molecular weight is 673 g/mol. The van der Waals surface area contributed by atoms with Crippen LogP contribution in [0.5, 0.6) is 0 Å². The lowest BCUT2D eigenvalue weighted by molar-refractivity contribution is -0.140. The number of benzene rings is 4. The van der Waals surface area contributed by atoms with Gasteiger partial charge in [0.15, 0.2) is 0 Å². The summed E-state index contributed by atoms with van der Waals surface area (Å²) in [6.45, 7) is 2.91. The first kappa shape index (κ1) is 33.3. The molecular weight excluding hydrogens is 641 g/mol. The second kappa shape index (κ2) is 14.9. The molecule has 0 heterocycles. The second-order valence-corrected chi connectivity index (χ2v) is 13.5. The number of carbonyl (C=O) groups is 2. The molecule has 1 atom stereocenters. The minimum atomic E-state index is -4.24. The number of halogens is 3. The van der Waals surface area contributed by atoms with E-state index in [1.54, 1.807) is 48.5 Å². The van der Waals surface area contributed by atoms with E-state index in [1.807, 2.05) is 44.2 Å². The normalized spacial score (nSPS) is 12.0. The Kier molecular flexibility index (Phi) is 11.3. The third kappa shape index (κ3) is 8.33. The fraction of sp³-hybridized carbons (Fsp3) is 0.212. The summed E-state index contributed by atoms with van der Waals surface area (Å²) in [6, 6.07) is 27.0. The Morgan fingerprint density at radius 3 is 1.91 bits per heavy atom. The summed E-state index contributed by atoms with van der Waals surface area (Å²) in [7, 11) is -4.24. The van der Waals surface area contributed by atoms with Crippen LogP contribution in [0.3, 0.4) is 0 Å². The van der Waals surface area contributed by atoms with Crippen LogP contribution in [-0.2, 0) is 32.6 Å². The van der Waals surface area contributed by atoms with E-state index in [0.717, 1.165) is 9.87 Å². The molecule has 2 amide bonds. The molecule has 0 saturated heterocycles. The number of hydrogen-bond acceptors (Lipinski definition) is 4. The first-order valence-electron chi connectivity index (χ1n) is 13.9. The molecule has 4 aromatic carbocycles. The number of amides is 2. The van der Waals surface area contributed by atoms with Crippen LogP contribution in [0, 0.1) is 0 Å². The van der Waals surface area contributed by atoms with Crippen molar-refractivity contribution in [2.24, 2.45) is 0 Å². The van der Waals surface area contributed by atoms with Crippen molar-refractivity contribution in [2.45, 2.75) is 43.8 Å². The van der Waals surface area contributed by atoms with Crippen LogP contribution in [0.2, 0.25) is 15.1 Å². The highest BCUT2D eigenvalue weighted by Crippen LogP contribution is 2.29. The van der Waals surface area contributed by atoms with E-state index in [0.29, 0.717) is 20.6 Å². The zero-order chi connectivity index (χ0) is 31.9. The van der Waals surface area contributed by atoms with Gasteiger partial charge in [-0.2, -0.15) is 0 Å². The maximum absolute atomic E-state index is 14.4. The third-order valence-corrected chi connectivity index (χ3v) is 9.57. The molecule has 0 spiro atoms. The molecule has 0 bridgehead atoms. The monoisotopic (exact) mass is 671 g/mol. The minimum absolute atomic E-state index is 0.0439. The fourth-order valence-corrected chi connectivity index (χ4v) is 6.70. The summed E-state index contributed by atoms with van der Waals surface area (Å²) >= 11 is 19.1. The van der Waals surface area contributed by atoms with Gasteiger partial charge in [0.25, 0.3) is 10.0 Å². The van der Waals surface area contributed by atoms with Gasteiger partial charge in [0, 0.05) is 39.6 Å². The van der Waals surface area contributed by atoms with Crippen LogP contribution in [0.15, 0.2) is 108 Å². The molecule has 0 saturated carbocycles. The topological polar surface area (TPSA) is 86.8 Å². The number of rotatable bonds is 12. The van der Waals surface area contributed by atoms with Gasteiger partial charge in [-0.3, -0.25) is 13.9 Å². The second-order valence-electron chi connectivity index (χ2n) is 10.4. The Labute approximate surface area is 273 Å². The molecule has 4 aromatic rings. The van der Waals surface area contributed by atoms with Crippen molar-refractivity contribution in [3.05, 3.63) is 129 Å². The summed E-state index contributed by atoms with van der Waals surface area (Å²) < 4.78 is 29.0. The highest BCUT2D eigenvalue weighted by atomic mass is 35.5. The molecule has 1 N–H and O–H groups in total. The van der Waals surface area contributed by atoms with E-state index in [1.165, 1.54) is 29.2 Å². The maximum atomic E-state index is 14.4. The molecule has 0 unspecified atom stereocenters. The van der Waals surface area contributed by atoms with Crippen molar-refractivity contribution >= 4 is 62.3 Å². The molecule has 7 nitrogen and oxygen atoms in total. The Bertz CT molecular complexity index is 1670. The number of sulfonamides is 1. The van der Waals surface area contributed by atoms with Gasteiger partial charge in [0.2, 0.25) is 11.8 Å². The van der Waals surface area contributed by atoms with Crippen molar-refractivity contribution in [3.8, 4) is 0 Å². The first-order chi connectivity index (χ1) is 21.0. The Hall–Kier alpha value is -3.56. The van der Waals surface area contributed by atoms with E-state index in [-0.39, 0.29) is 29.6 Å². The quantitative estimate of drug-likeness (QED) is 0.176. The van der Waals surface area contributed by atoms with Crippen molar-refractivity contribution in [2.75, 3.05) is 10.8 Å². The number of nitrogens with zero attached hydrogens (tertiary/aromatic N) is 2. The first-order valence-corrected chi connectivity index (χ1v) is 16.4. The van der Waals surface area contributed by atoms with Gasteiger partial charge < -0.3 is 10.2 Å². The van der Waals surface area contributed by atoms with Gasteiger partial charge in [0.05, 0.1) is 10.6 Å². The standard InChI is InChI=1S/C33H32Cl3N3O4S/c1-23(2)37-33(41)31(20-24-10-5-3-6-11-24)38(21-28-29(35)14-9-15-30(28)36)32(40)22-39(26-12-7-4-8-13-26)44(42,43)27-18-16-25(34)17-19-27/h3-19,23,31H,20-22H2,1-2H3,(H,37,41)/t31-/m0/s1. The minimum Gasteiger partial charge on any atom is -0.352 e. The Morgan fingerprint density at radius 1 is 0.773 bits per heavy atom. The lowest BCUT2D eigenvalue weighted by Gasteiger charge is -2.34. The van der Waals surface area contributed by atoms with Crippen molar-refractivity contribution < 1.29 is 18.0 Å².